The van der Waals surface area contributed by atoms with Gasteiger partial charge < -0.3 is 9.30 Å². The van der Waals surface area contributed by atoms with Gasteiger partial charge in [-0.2, -0.15) is 10.4 Å². The van der Waals surface area contributed by atoms with Crippen LogP contribution in [0.5, 0.6) is 0 Å². The molecule has 1 unspecified atom stereocenters. The highest BCUT2D eigenvalue weighted by Crippen LogP contribution is 2.39. The summed E-state index contributed by atoms with van der Waals surface area (Å²) in [4.78, 5) is 8.98. The highest BCUT2D eigenvalue weighted by atomic mass is 32.2. The van der Waals surface area contributed by atoms with E-state index in [9.17, 15) is 13.7 Å². The number of hydrogen-bond acceptors (Lipinski definition) is 7. The smallest absolute Gasteiger partial charge is 0.231 e. The Labute approximate surface area is 213 Å². The van der Waals surface area contributed by atoms with Gasteiger partial charge >= 0.3 is 0 Å². The third-order valence-electron chi connectivity index (χ3n) is 6.64. The van der Waals surface area contributed by atoms with E-state index in [0.717, 1.165) is 43.4 Å². The molecule has 1 aliphatic rings. The molecular weight excluding hydrogens is 494 g/mol. The van der Waals surface area contributed by atoms with Crippen molar-refractivity contribution < 1.29 is 13.2 Å². The number of nitrogens with zero attached hydrogens (tertiary/aromatic N) is 6. The van der Waals surface area contributed by atoms with Crippen LogP contribution >= 0.6 is 0 Å². The average molecular weight is 530 g/mol. The van der Waals surface area contributed by atoms with Crippen molar-refractivity contribution in [3.63, 3.8) is 0 Å². The van der Waals surface area contributed by atoms with Crippen LogP contribution in [0.25, 0.3) is 22.3 Å². The molecule has 1 aliphatic carbocycles. The molecule has 4 rings (SSSR count). The van der Waals surface area contributed by atoms with Gasteiger partial charge in [0.2, 0.25) is 10.0 Å². The predicted molar refractivity (Wildman–Crippen MR) is 143 cm³/mol. The molecule has 0 spiro atoms. The second kappa shape index (κ2) is 10.7. The Balaban J connectivity index is 1.70. The van der Waals surface area contributed by atoms with Gasteiger partial charge in [0, 0.05) is 32.5 Å². The lowest BCUT2D eigenvalue weighted by Crippen LogP contribution is -2.22. The summed E-state index contributed by atoms with van der Waals surface area (Å²) in [5, 5.41) is 14.9. The van der Waals surface area contributed by atoms with Crippen LogP contribution < -0.4 is 4.72 Å². The van der Waals surface area contributed by atoms with E-state index in [4.69, 9.17) is 4.74 Å². The number of nitriles is 1. The molecule has 1 N–H and O–H groups in total. The first kappa shape index (κ1) is 26.3. The zero-order valence-corrected chi connectivity index (χ0v) is 23.3. The lowest BCUT2D eigenvalue weighted by atomic mass is 9.96. The molecule has 0 aliphatic heterocycles. The first-order chi connectivity index (χ1) is 17.1. The predicted octanol–water partition coefficient (Wildman–Crippen LogP) is 4.62. The highest BCUT2D eigenvalue weighted by Gasteiger charge is 2.29. The fraction of sp³-hybridized carbons (Fsp3) is 0.583. The minimum absolute atomic E-state index is 0.118. The summed E-state index contributed by atoms with van der Waals surface area (Å²) >= 11 is 0. The Morgan fingerprint density at radius 1 is 1.28 bits per heavy atom. The standard InChI is InChI=1S/C24H35N7O3SSi/c1-35(32,33)29-23-20(15-31(28-23)21(9-11-25)18-7-5-6-8-18)22-19-10-12-30(24(19)27-16-26-22)17-34-13-14-36(2,3)4/h10,12,15-16,18,21H,5-9,13-14,17H2,1-4H3,(H,28,29). The maximum atomic E-state index is 12.2. The van der Waals surface area contributed by atoms with Crippen LogP contribution in [0.3, 0.4) is 0 Å². The minimum Gasteiger partial charge on any atom is -0.361 e. The monoisotopic (exact) mass is 529 g/mol. The van der Waals surface area contributed by atoms with Gasteiger partial charge in [0.25, 0.3) is 0 Å². The largest absolute Gasteiger partial charge is 0.361 e. The van der Waals surface area contributed by atoms with Crippen LogP contribution in [-0.4, -0.2) is 53.7 Å². The van der Waals surface area contributed by atoms with Gasteiger partial charge in [-0.1, -0.05) is 32.5 Å². The molecule has 0 amide bonds. The van der Waals surface area contributed by atoms with E-state index in [-0.39, 0.29) is 11.9 Å². The second-order valence-corrected chi connectivity index (χ2v) is 18.2. The number of rotatable bonds is 11. The fourth-order valence-corrected chi connectivity index (χ4v) is 6.02. The number of sulfonamides is 1. The molecule has 1 fully saturated rings. The van der Waals surface area contributed by atoms with E-state index in [1.165, 1.54) is 6.33 Å². The van der Waals surface area contributed by atoms with E-state index in [2.05, 4.69) is 45.5 Å². The summed E-state index contributed by atoms with van der Waals surface area (Å²) < 4.78 is 36.5. The van der Waals surface area contributed by atoms with Crippen LogP contribution in [0.4, 0.5) is 5.82 Å². The lowest BCUT2D eigenvalue weighted by Gasteiger charge is -2.21. The van der Waals surface area contributed by atoms with Crippen LogP contribution in [0.2, 0.25) is 25.7 Å². The van der Waals surface area contributed by atoms with Gasteiger partial charge in [-0.3, -0.25) is 9.40 Å². The molecule has 194 valence electrons. The first-order valence-electron chi connectivity index (χ1n) is 12.4. The van der Waals surface area contributed by atoms with Crippen molar-refractivity contribution in [1.82, 2.24) is 24.3 Å². The molecule has 36 heavy (non-hydrogen) atoms. The van der Waals surface area contributed by atoms with Crippen LogP contribution in [0.1, 0.15) is 38.1 Å². The van der Waals surface area contributed by atoms with E-state index in [0.29, 0.717) is 42.6 Å². The van der Waals surface area contributed by atoms with Gasteiger partial charge in [0.15, 0.2) is 5.82 Å². The van der Waals surface area contributed by atoms with Crippen molar-refractivity contribution in [1.29, 1.82) is 5.26 Å². The van der Waals surface area contributed by atoms with Crippen LogP contribution in [-0.2, 0) is 21.5 Å². The summed E-state index contributed by atoms with van der Waals surface area (Å²) in [6, 6.07) is 5.16. The zero-order chi connectivity index (χ0) is 25.9. The molecule has 3 aromatic rings. The Bertz CT molecular complexity index is 1350. The molecule has 10 nitrogen and oxygen atoms in total. The molecule has 1 saturated carbocycles. The third kappa shape index (κ3) is 6.32. The first-order valence-corrected chi connectivity index (χ1v) is 18.0. The molecule has 3 aromatic heterocycles. The van der Waals surface area contributed by atoms with Crippen molar-refractivity contribution in [2.24, 2.45) is 5.92 Å². The van der Waals surface area contributed by atoms with Crippen molar-refractivity contribution in [2.45, 2.75) is 70.6 Å². The molecular formula is C24H35N7O3SSi. The van der Waals surface area contributed by atoms with Gasteiger partial charge in [-0.15, -0.1) is 0 Å². The highest BCUT2D eigenvalue weighted by molar-refractivity contribution is 7.92. The molecule has 3 heterocycles. The van der Waals surface area contributed by atoms with Crippen LogP contribution in [0, 0.1) is 17.2 Å². The molecule has 12 heteroatoms. The van der Waals surface area contributed by atoms with Gasteiger partial charge in [0.05, 0.1) is 36.0 Å². The number of aromatic nitrogens is 5. The summed E-state index contributed by atoms with van der Waals surface area (Å²) in [5.41, 5.74) is 1.85. The average Bonchev–Trinajstić information content (AvgIpc) is 3.53. The van der Waals surface area contributed by atoms with Crippen molar-refractivity contribution in [3.05, 3.63) is 24.8 Å². The summed E-state index contributed by atoms with van der Waals surface area (Å²) in [6.45, 7) is 8.03. The number of fused-ring (bicyclic) bond motifs is 1. The Kier molecular flexibility index (Phi) is 7.82. The minimum atomic E-state index is -3.58. The maximum Gasteiger partial charge on any atom is 0.231 e. The second-order valence-electron chi connectivity index (χ2n) is 10.8. The molecule has 0 radical (unpaired) electrons. The van der Waals surface area contributed by atoms with Crippen molar-refractivity contribution in [3.8, 4) is 17.3 Å². The maximum absolute atomic E-state index is 12.2. The SMILES string of the molecule is C[Si](C)(C)CCOCn1ccc2c(-c3cn(C(CC#N)C4CCCC4)nc3NS(C)(=O)=O)ncnc21. The summed E-state index contributed by atoms with van der Waals surface area (Å²) in [5.74, 6) is 0.542. The van der Waals surface area contributed by atoms with E-state index >= 15 is 0 Å². The number of hydrogen-bond donors (Lipinski definition) is 1. The normalized spacial score (nSPS) is 15.9. The Morgan fingerprint density at radius 2 is 2.03 bits per heavy atom. The zero-order valence-electron chi connectivity index (χ0n) is 21.4. The number of ether oxygens (including phenoxy) is 1. The van der Waals surface area contributed by atoms with Crippen molar-refractivity contribution >= 4 is 34.9 Å². The summed E-state index contributed by atoms with van der Waals surface area (Å²) in [6.07, 6.45) is 11.0. The molecule has 0 aromatic carbocycles. The summed E-state index contributed by atoms with van der Waals surface area (Å²) in [7, 11) is -4.76. The number of anilines is 1. The fourth-order valence-electron chi connectivity index (χ4n) is 4.76. The lowest BCUT2D eigenvalue weighted by molar-refractivity contribution is 0.0899. The third-order valence-corrected chi connectivity index (χ3v) is 8.90. The Hall–Kier alpha value is -2.75. The van der Waals surface area contributed by atoms with E-state index in [1.54, 1.807) is 4.68 Å². The van der Waals surface area contributed by atoms with E-state index < -0.39 is 18.1 Å². The molecule has 1 atom stereocenters. The Morgan fingerprint density at radius 3 is 2.69 bits per heavy atom. The quantitative estimate of drug-likeness (QED) is 0.283. The van der Waals surface area contributed by atoms with E-state index in [1.807, 2.05) is 23.0 Å². The molecule has 0 saturated heterocycles. The van der Waals surface area contributed by atoms with Gasteiger partial charge in [-0.05, 0) is 30.9 Å². The number of nitrogens with one attached hydrogen (secondary N) is 1. The topological polar surface area (TPSA) is 128 Å². The molecule has 0 bridgehead atoms. The van der Waals surface area contributed by atoms with Crippen molar-refractivity contribution in [2.75, 3.05) is 17.6 Å². The van der Waals surface area contributed by atoms with Crippen LogP contribution in [0.15, 0.2) is 24.8 Å². The van der Waals surface area contributed by atoms with Gasteiger partial charge in [-0.25, -0.2) is 18.4 Å². The van der Waals surface area contributed by atoms with Gasteiger partial charge in [0.1, 0.15) is 18.7 Å².